The minimum atomic E-state index is 0. The first-order valence-electron chi connectivity index (χ1n) is 6.70. The Morgan fingerprint density at radius 3 is 2.90 bits per heavy atom. The molecular weight excluding hydrogens is 376 g/mol. The molecule has 2 rings (SSSR count). The lowest BCUT2D eigenvalue weighted by Gasteiger charge is -2.25. The fourth-order valence-electron chi connectivity index (χ4n) is 1.74. The van der Waals surface area contributed by atoms with Gasteiger partial charge < -0.3 is 15.4 Å². The summed E-state index contributed by atoms with van der Waals surface area (Å²) in [5, 5.41) is 6.05. The normalized spacial score (nSPS) is 14.0. The Kier molecular flexibility index (Phi) is 9.15. The van der Waals surface area contributed by atoms with Crippen LogP contribution in [0.5, 0.6) is 5.75 Å². The topological polar surface area (TPSA) is 50.4 Å². The minimum Gasteiger partial charge on any atom is -0.493 e. The number of hydrogen-bond acceptors (Lipinski definition) is 4. The van der Waals surface area contributed by atoms with Gasteiger partial charge in [-0.15, -0.1) is 12.4 Å². The summed E-state index contributed by atoms with van der Waals surface area (Å²) in [6.45, 7) is 3.05. The lowest BCUT2D eigenvalue weighted by Crippen LogP contribution is -2.51. The van der Waals surface area contributed by atoms with Crippen molar-refractivity contribution >= 4 is 46.0 Å². The van der Waals surface area contributed by atoms with E-state index in [1.807, 2.05) is 24.3 Å². The van der Waals surface area contributed by atoms with Crippen molar-refractivity contribution in [2.75, 3.05) is 37.7 Å². The van der Waals surface area contributed by atoms with Crippen molar-refractivity contribution < 1.29 is 9.53 Å². The summed E-state index contributed by atoms with van der Waals surface area (Å²) < 4.78 is 6.66. The molecule has 0 unspecified atom stereocenters. The maximum absolute atomic E-state index is 11.5. The number of thioether (sulfide) groups is 1. The van der Waals surface area contributed by atoms with Crippen LogP contribution >= 0.6 is 40.1 Å². The second-order valence-corrected chi connectivity index (χ2v) is 6.70. The van der Waals surface area contributed by atoms with E-state index in [1.165, 1.54) is 0 Å². The number of rotatable bonds is 8. The van der Waals surface area contributed by atoms with Crippen LogP contribution in [0.2, 0.25) is 0 Å². The Balaban J connectivity index is 0.00000220. The SMILES string of the molecule is Cl.O=C(NCCSCCOc1cccc(Br)c1)C1CNC1. The average molecular weight is 396 g/mol. The summed E-state index contributed by atoms with van der Waals surface area (Å²) >= 11 is 5.20. The van der Waals surface area contributed by atoms with E-state index in [2.05, 4.69) is 26.6 Å². The molecule has 0 spiro atoms. The highest BCUT2D eigenvalue weighted by molar-refractivity contribution is 9.10. The van der Waals surface area contributed by atoms with E-state index in [0.29, 0.717) is 6.61 Å². The van der Waals surface area contributed by atoms with Crippen LogP contribution in [0.25, 0.3) is 0 Å². The summed E-state index contributed by atoms with van der Waals surface area (Å²) in [5.74, 6) is 3.08. The second-order valence-electron chi connectivity index (χ2n) is 4.56. The Morgan fingerprint density at radius 1 is 1.43 bits per heavy atom. The Hall–Kier alpha value is -0.430. The maximum Gasteiger partial charge on any atom is 0.225 e. The number of ether oxygens (including phenoxy) is 1. The van der Waals surface area contributed by atoms with Crippen LogP contribution in [0.15, 0.2) is 28.7 Å². The number of amides is 1. The Bertz CT molecular complexity index is 447. The summed E-state index contributed by atoms with van der Waals surface area (Å²) in [7, 11) is 0. The standard InChI is InChI=1S/C14H19BrN2O2S.ClH/c15-12-2-1-3-13(8-12)19-5-7-20-6-4-17-14(18)11-9-16-10-11;/h1-3,8,11,16H,4-7,9-10H2,(H,17,18);1H. The van der Waals surface area contributed by atoms with Crippen LogP contribution in [-0.2, 0) is 4.79 Å². The number of carbonyl (C=O) groups excluding carboxylic acids is 1. The third kappa shape index (κ3) is 6.91. The molecule has 1 aromatic carbocycles. The molecule has 0 saturated carbocycles. The molecule has 7 heteroatoms. The van der Waals surface area contributed by atoms with Crippen molar-refractivity contribution in [3.63, 3.8) is 0 Å². The zero-order valence-electron chi connectivity index (χ0n) is 11.6. The molecule has 0 radical (unpaired) electrons. The molecular formula is C14H20BrClN2O2S. The van der Waals surface area contributed by atoms with Crippen LogP contribution in [-0.4, -0.2) is 43.7 Å². The van der Waals surface area contributed by atoms with Gasteiger partial charge in [-0.05, 0) is 18.2 Å². The third-order valence-corrected chi connectivity index (χ3v) is 4.43. The van der Waals surface area contributed by atoms with E-state index in [1.54, 1.807) is 11.8 Å². The predicted molar refractivity (Wildman–Crippen MR) is 93.6 cm³/mol. The zero-order chi connectivity index (χ0) is 14.2. The molecule has 1 saturated heterocycles. The Labute approximate surface area is 144 Å². The molecule has 0 aliphatic carbocycles. The van der Waals surface area contributed by atoms with Gasteiger partial charge in [0.1, 0.15) is 5.75 Å². The van der Waals surface area contributed by atoms with Gasteiger partial charge in [-0.2, -0.15) is 11.8 Å². The average Bonchev–Trinajstić information content (AvgIpc) is 2.35. The van der Waals surface area contributed by atoms with Crippen LogP contribution in [0.3, 0.4) is 0 Å². The second kappa shape index (κ2) is 10.3. The number of benzene rings is 1. The maximum atomic E-state index is 11.5. The fraction of sp³-hybridized carbons (Fsp3) is 0.500. The number of carbonyl (C=O) groups is 1. The molecule has 0 aromatic heterocycles. The number of hydrogen-bond donors (Lipinski definition) is 2. The summed E-state index contributed by atoms with van der Waals surface area (Å²) in [5.41, 5.74) is 0. The Morgan fingerprint density at radius 2 is 2.24 bits per heavy atom. The molecule has 1 aromatic rings. The summed E-state index contributed by atoms with van der Waals surface area (Å²) in [6, 6.07) is 7.83. The molecule has 2 N–H and O–H groups in total. The van der Waals surface area contributed by atoms with Gasteiger partial charge in [0.15, 0.2) is 0 Å². The largest absolute Gasteiger partial charge is 0.493 e. The molecule has 0 bridgehead atoms. The van der Waals surface area contributed by atoms with Gasteiger partial charge in [0.05, 0.1) is 12.5 Å². The molecule has 21 heavy (non-hydrogen) atoms. The highest BCUT2D eigenvalue weighted by Gasteiger charge is 2.23. The van der Waals surface area contributed by atoms with E-state index in [0.717, 1.165) is 41.4 Å². The smallest absolute Gasteiger partial charge is 0.225 e. The van der Waals surface area contributed by atoms with Crippen molar-refractivity contribution in [3.8, 4) is 5.75 Å². The minimum absolute atomic E-state index is 0. The molecule has 1 heterocycles. The lowest BCUT2D eigenvalue weighted by molar-refractivity contribution is -0.126. The van der Waals surface area contributed by atoms with Crippen LogP contribution < -0.4 is 15.4 Å². The van der Waals surface area contributed by atoms with Crippen LogP contribution in [0.4, 0.5) is 0 Å². The van der Waals surface area contributed by atoms with Gasteiger partial charge in [-0.1, -0.05) is 22.0 Å². The highest BCUT2D eigenvalue weighted by atomic mass is 79.9. The number of halogens is 2. The molecule has 0 atom stereocenters. The van der Waals surface area contributed by atoms with E-state index >= 15 is 0 Å². The van der Waals surface area contributed by atoms with E-state index < -0.39 is 0 Å². The van der Waals surface area contributed by atoms with Crippen molar-refractivity contribution in [2.24, 2.45) is 5.92 Å². The zero-order valence-corrected chi connectivity index (χ0v) is 14.9. The van der Waals surface area contributed by atoms with Crippen molar-refractivity contribution in [1.82, 2.24) is 10.6 Å². The van der Waals surface area contributed by atoms with E-state index in [-0.39, 0.29) is 24.2 Å². The van der Waals surface area contributed by atoms with Crippen LogP contribution in [0, 0.1) is 5.92 Å². The summed E-state index contributed by atoms with van der Waals surface area (Å²) in [4.78, 5) is 11.5. The van der Waals surface area contributed by atoms with Gasteiger partial charge in [0.2, 0.25) is 5.91 Å². The van der Waals surface area contributed by atoms with Gasteiger partial charge >= 0.3 is 0 Å². The van der Waals surface area contributed by atoms with Gasteiger partial charge in [-0.25, -0.2) is 0 Å². The third-order valence-electron chi connectivity index (χ3n) is 2.99. The molecule has 1 fully saturated rings. The van der Waals surface area contributed by atoms with Crippen molar-refractivity contribution in [3.05, 3.63) is 28.7 Å². The molecule has 1 aliphatic heterocycles. The van der Waals surface area contributed by atoms with E-state index in [4.69, 9.17) is 4.74 Å². The van der Waals surface area contributed by atoms with Gasteiger partial charge in [0.25, 0.3) is 0 Å². The monoisotopic (exact) mass is 394 g/mol. The highest BCUT2D eigenvalue weighted by Crippen LogP contribution is 2.17. The van der Waals surface area contributed by atoms with Crippen molar-refractivity contribution in [1.29, 1.82) is 0 Å². The summed E-state index contributed by atoms with van der Waals surface area (Å²) in [6.07, 6.45) is 0. The lowest BCUT2D eigenvalue weighted by atomic mass is 10.0. The molecule has 1 aliphatic rings. The quantitative estimate of drug-likeness (QED) is 0.663. The molecule has 1 amide bonds. The first-order chi connectivity index (χ1) is 9.75. The predicted octanol–water partition coefficient (Wildman–Crippen LogP) is 2.32. The fourth-order valence-corrected chi connectivity index (χ4v) is 2.77. The van der Waals surface area contributed by atoms with Crippen LogP contribution in [0.1, 0.15) is 0 Å². The first kappa shape index (κ1) is 18.6. The molecule has 118 valence electrons. The van der Waals surface area contributed by atoms with Gasteiger partial charge in [-0.3, -0.25) is 4.79 Å². The van der Waals surface area contributed by atoms with Gasteiger partial charge in [0, 0.05) is 35.6 Å². The van der Waals surface area contributed by atoms with Crippen molar-refractivity contribution in [2.45, 2.75) is 0 Å². The number of nitrogens with one attached hydrogen (secondary N) is 2. The first-order valence-corrected chi connectivity index (χ1v) is 8.65. The van der Waals surface area contributed by atoms with E-state index in [9.17, 15) is 4.79 Å². The molecule has 4 nitrogen and oxygen atoms in total.